The first kappa shape index (κ1) is 14.9. The fourth-order valence-electron chi connectivity index (χ4n) is 1.87. The molecule has 2 aromatic rings. The summed E-state index contributed by atoms with van der Waals surface area (Å²) in [5, 5.41) is -0.501. The van der Waals surface area contributed by atoms with Crippen LogP contribution in [-0.2, 0) is 12.6 Å². The zero-order valence-electron chi connectivity index (χ0n) is 10.3. The van der Waals surface area contributed by atoms with Gasteiger partial charge < -0.3 is 0 Å². The smallest absolute Gasteiger partial charge is 0.207 e. The molecular formula is C15H11ClF4. The molecule has 0 aliphatic rings. The molecule has 0 saturated carbocycles. The van der Waals surface area contributed by atoms with Crippen molar-refractivity contribution in [2.24, 2.45) is 0 Å². The number of rotatable bonds is 3. The van der Waals surface area contributed by atoms with Gasteiger partial charge in [-0.25, -0.2) is 4.39 Å². The summed E-state index contributed by atoms with van der Waals surface area (Å²) in [6, 6.07) is 10.7. The summed E-state index contributed by atoms with van der Waals surface area (Å²) in [5.74, 6) is -0.362. The zero-order chi connectivity index (χ0) is 14.8. The molecule has 0 saturated heterocycles. The summed E-state index contributed by atoms with van der Waals surface area (Å²) >= 11 is 6.16. The zero-order valence-corrected chi connectivity index (χ0v) is 11.0. The van der Waals surface area contributed by atoms with Gasteiger partial charge in [-0.15, -0.1) is 11.6 Å². The van der Waals surface area contributed by atoms with E-state index >= 15 is 0 Å². The maximum absolute atomic E-state index is 13.0. The van der Waals surface area contributed by atoms with Crippen LogP contribution >= 0.6 is 11.6 Å². The highest BCUT2D eigenvalue weighted by Gasteiger charge is 2.30. The molecular weight excluding hydrogens is 292 g/mol. The molecule has 5 heteroatoms. The van der Waals surface area contributed by atoms with Gasteiger partial charge in [0.05, 0.1) is 10.9 Å². The van der Waals surface area contributed by atoms with Crippen molar-refractivity contribution in [2.75, 3.05) is 0 Å². The minimum absolute atomic E-state index is 0.352. The Kier molecular flexibility index (Phi) is 4.33. The summed E-state index contributed by atoms with van der Waals surface area (Å²) in [7, 11) is 0. The van der Waals surface area contributed by atoms with Gasteiger partial charge in [-0.2, -0.15) is 13.2 Å². The summed E-state index contributed by atoms with van der Waals surface area (Å²) < 4.78 is 50.3. The highest BCUT2D eigenvalue weighted by molar-refractivity contribution is 6.20. The Balaban J connectivity index is 2.11. The molecule has 1 unspecified atom stereocenters. The molecule has 0 amide bonds. The maximum atomic E-state index is 13.0. The Morgan fingerprint density at radius 1 is 1.00 bits per heavy atom. The monoisotopic (exact) mass is 302 g/mol. The first-order valence-electron chi connectivity index (χ1n) is 5.92. The quantitative estimate of drug-likeness (QED) is 0.528. The Labute approximate surface area is 119 Å². The first-order chi connectivity index (χ1) is 9.36. The highest BCUT2D eigenvalue weighted by atomic mass is 35.5. The van der Waals surface area contributed by atoms with E-state index in [9.17, 15) is 17.6 Å². The van der Waals surface area contributed by atoms with Gasteiger partial charge >= 0.3 is 6.18 Å². The van der Waals surface area contributed by atoms with Crippen molar-refractivity contribution in [1.82, 2.24) is 0 Å². The van der Waals surface area contributed by atoms with Crippen molar-refractivity contribution in [3.63, 3.8) is 0 Å². The van der Waals surface area contributed by atoms with Crippen molar-refractivity contribution in [3.8, 4) is 0 Å². The van der Waals surface area contributed by atoms with Crippen LogP contribution in [0.25, 0.3) is 0 Å². The van der Waals surface area contributed by atoms with Crippen LogP contribution in [0.3, 0.4) is 0 Å². The van der Waals surface area contributed by atoms with Gasteiger partial charge in [0, 0.05) is 0 Å². The van der Waals surface area contributed by atoms with Gasteiger partial charge in [-0.3, -0.25) is 0 Å². The lowest BCUT2D eigenvalue weighted by molar-refractivity contribution is -0.137. The number of alkyl halides is 4. The second-order valence-corrected chi connectivity index (χ2v) is 4.95. The SMILES string of the molecule is Fc1cccc(CC(Cl)c2ccc(C(F)(F)F)cc2)c1. The summed E-state index contributed by atoms with van der Waals surface area (Å²) in [5.41, 5.74) is 0.560. The second kappa shape index (κ2) is 5.83. The fraction of sp³-hybridized carbons (Fsp3) is 0.200. The van der Waals surface area contributed by atoms with Crippen LogP contribution in [0.15, 0.2) is 48.5 Å². The Bertz CT molecular complexity index is 575. The average molecular weight is 303 g/mol. The van der Waals surface area contributed by atoms with E-state index in [1.54, 1.807) is 12.1 Å². The topological polar surface area (TPSA) is 0 Å². The fourth-order valence-corrected chi connectivity index (χ4v) is 2.19. The minimum Gasteiger partial charge on any atom is -0.207 e. The Morgan fingerprint density at radius 3 is 2.20 bits per heavy atom. The first-order valence-corrected chi connectivity index (χ1v) is 6.35. The third-order valence-electron chi connectivity index (χ3n) is 2.90. The molecule has 0 fully saturated rings. The third kappa shape index (κ3) is 3.73. The van der Waals surface area contributed by atoms with Gasteiger partial charge in [0.15, 0.2) is 0 Å². The van der Waals surface area contributed by atoms with E-state index < -0.39 is 17.1 Å². The molecule has 20 heavy (non-hydrogen) atoms. The molecule has 0 bridgehead atoms. The van der Waals surface area contributed by atoms with Crippen LogP contribution in [0, 0.1) is 5.82 Å². The van der Waals surface area contributed by atoms with Gasteiger partial charge in [-0.1, -0.05) is 24.3 Å². The second-order valence-electron chi connectivity index (χ2n) is 4.42. The van der Waals surface area contributed by atoms with Crippen molar-refractivity contribution in [1.29, 1.82) is 0 Å². The molecule has 1 atom stereocenters. The van der Waals surface area contributed by atoms with E-state index in [2.05, 4.69) is 0 Å². The molecule has 0 N–H and O–H groups in total. The van der Waals surface area contributed by atoms with Gasteiger partial charge in [0.1, 0.15) is 5.82 Å². The lowest BCUT2D eigenvalue weighted by Crippen LogP contribution is -2.05. The molecule has 2 rings (SSSR count). The van der Waals surface area contributed by atoms with E-state index in [-0.39, 0.29) is 5.82 Å². The largest absolute Gasteiger partial charge is 0.416 e. The molecule has 0 aromatic heterocycles. The molecule has 2 aromatic carbocycles. The molecule has 0 spiro atoms. The molecule has 0 aliphatic carbocycles. The predicted molar refractivity (Wildman–Crippen MR) is 70.1 cm³/mol. The number of halogens is 5. The standard InChI is InChI=1S/C15H11ClF4/c16-14(9-10-2-1-3-13(17)8-10)11-4-6-12(7-5-11)15(18,19)20/h1-8,14H,9H2. The van der Waals surface area contributed by atoms with Crippen LogP contribution < -0.4 is 0 Å². The van der Waals surface area contributed by atoms with E-state index in [4.69, 9.17) is 11.6 Å². The van der Waals surface area contributed by atoms with E-state index in [0.29, 0.717) is 17.5 Å². The van der Waals surface area contributed by atoms with E-state index in [1.165, 1.54) is 24.3 Å². The summed E-state index contributed by atoms with van der Waals surface area (Å²) in [6.07, 6.45) is -4.01. The average Bonchev–Trinajstić information content (AvgIpc) is 2.38. The molecule has 0 radical (unpaired) electrons. The Morgan fingerprint density at radius 2 is 1.65 bits per heavy atom. The highest BCUT2D eigenvalue weighted by Crippen LogP contribution is 2.31. The minimum atomic E-state index is -4.36. The van der Waals surface area contributed by atoms with Crippen LogP contribution in [0.1, 0.15) is 22.1 Å². The molecule has 0 nitrogen and oxygen atoms in total. The number of hydrogen-bond donors (Lipinski definition) is 0. The van der Waals surface area contributed by atoms with E-state index in [1.807, 2.05) is 0 Å². The van der Waals surface area contributed by atoms with Gasteiger partial charge in [-0.05, 0) is 41.8 Å². The lowest BCUT2D eigenvalue weighted by atomic mass is 10.0. The number of benzene rings is 2. The van der Waals surface area contributed by atoms with Crippen molar-refractivity contribution >= 4 is 11.6 Å². The van der Waals surface area contributed by atoms with Crippen LogP contribution in [0.4, 0.5) is 17.6 Å². The van der Waals surface area contributed by atoms with Crippen molar-refractivity contribution < 1.29 is 17.6 Å². The van der Waals surface area contributed by atoms with E-state index in [0.717, 1.165) is 12.1 Å². The summed E-state index contributed by atoms with van der Waals surface area (Å²) in [6.45, 7) is 0. The van der Waals surface area contributed by atoms with Gasteiger partial charge in [0.2, 0.25) is 0 Å². The number of hydrogen-bond acceptors (Lipinski definition) is 0. The van der Waals surface area contributed by atoms with Crippen molar-refractivity contribution in [3.05, 3.63) is 71.0 Å². The normalized spacial score (nSPS) is 13.2. The predicted octanol–water partition coefficient (Wildman–Crippen LogP) is 5.37. The van der Waals surface area contributed by atoms with Crippen molar-refractivity contribution in [2.45, 2.75) is 18.0 Å². The van der Waals surface area contributed by atoms with Gasteiger partial charge in [0.25, 0.3) is 0 Å². The lowest BCUT2D eigenvalue weighted by Gasteiger charge is -2.12. The molecule has 0 heterocycles. The molecule has 0 aliphatic heterocycles. The van der Waals surface area contributed by atoms with Crippen LogP contribution in [0.5, 0.6) is 0 Å². The van der Waals surface area contributed by atoms with Crippen LogP contribution in [0.2, 0.25) is 0 Å². The van der Waals surface area contributed by atoms with Crippen LogP contribution in [-0.4, -0.2) is 0 Å². The summed E-state index contributed by atoms with van der Waals surface area (Å²) in [4.78, 5) is 0. The molecule has 106 valence electrons. The third-order valence-corrected chi connectivity index (χ3v) is 3.31. The maximum Gasteiger partial charge on any atom is 0.416 e. The Hall–Kier alpha value is -1.55.